The molecule has 0 heterocycles. The predicted molar refractivity (Wildman–Crippen MR) is 402 cm³/mol. The first kappa shape index (κ1) is 80.8. The molecule has 0 saturated heterocycles. The van der Waals surface area contributed by atoms with Gasteiger partial charge in [0.25, 0.3) is 0 Å². The van der Waals surface area contributed by atoms with Crippen LogP contribution in [0.3, 0.4) is 0 Å². The van der Waals surface area contributed by atoms with Gasteiger partial charge in [0.15, 0.2) is 0 Å². The summed E-state index contributed by atoms with van der Waals surface area (Å²) in [6.45, 7) is 29.0. The third-order valence-corrected chi connectivity index (χ3v) is 44.7. The number of hydrogen-bond donors (Lipinski definition) is 0. The van der Waals surface area contributed by atoms with Gasteiger partial charge in [0, 0.05) is 18.6 Å². The molecule has 0 spiro atoms. The number of alkyl halides is 2. The zero-order valence-electron chi connectivity index (χ0n) is 54.2. The zero-order chi connectivity index (χ0) is 60.4. The molecule has 0 bridgehead atoms. The van der Waals surface area contributed by atoms with Gasteiger partial charge in [-0.15, -0.1) is 0 Å². The van der Waals surface area contributed by atoms with Gasteiger partial charge in [-0.3, -0.25) is 0 Å². The van der Waals surface area contributed by atoms with Crippen LogP contribution in [0.5, 0.6) is 0 Å². The van der Waals surface area contributed by atoms with Crippen molar-refractivity contribution in [3.05, 3.63) is 143 Å². The van der Waals surface area contributed by atoms with E-state index >= 15 is 0 Å². The van der Waals surface area contributed by atoms with Gasteiger partial charge in [-0.05, 0) is 128 Å². The second-order valence-electron chi connectivity index (χ2n) is 27.1. The van der Waals surface area contributed by atoms with E-state index in [1.54, 1.807) is 51.4 Å². The molecule has 14 heteroatoms. The molecular weight excluding hydrogens is 1600 g/mol. The normalized spacial score (nSPS) is 27.9. The molecule has 0 nitrogen and oxygen atoms in total. The standard InChI is InChI=1S/2C16H29BrSi.2C16H17BrSi.2C2H6.2CH3.4ClH.2Zr/c4*1-18(2,12-6-3-4-7-12)16-11-10-13-14(16)8-5-9-15(13)17;2*1-2;;;;;;;;/h2*12-16H,3-11H2,1-2H3;2*3-12,16H,1-2H3;2*1-2H3;2*1H3;4*1H;;/q;;;;;;2*-1;;;;;2*+2/p-4. The van der Waals surface area contributed by atoms with E-state index in [0.717, 1.165) is 55.5 Å². The summed E-state index contributed by atoms with van der Waals surface area (Å²) in [6, 6.07) is 13.2. The molecule has 2 aromatic carbocycles. The molecule has 10 aliphatic rings. The summed E-state index contributed by atoms with van der Waals surface area (Å²) in [4.78, 5) is 1.71. The molecule has 6 fully saturated rings. The second kappa shape index (κ2) is 39.5. The Morgan fingerprint density at radius 2 is 0.702 bits per heavy atom. The Morgan fingerprint density at radius 3 is 1.01 bits per heavy atom. The van der Waals surface area contributed by atoms with E-state index in [1.165, 1.54) is 95.4 Å². The molecule has 2 aromatic rings. The molecule has 0 aromatic heterocycles. The summed E-state index contributed by atoms with van der Waals surface area (Å²) in [7, 11) is 15.0. The average Bonchev–Trinajstić information content (AvgIpc) is 4.49. The zero-order valence-corrected chi connectivity index (χ0v) is 72.5. The molecule has 12 rings (SSSR count). The molecule has 0 aliphatic heterocycles. The number of fused-ring (bicyclic) bond motifs is 4. The van der Waals surface area contributed by atoms with Crippen molar-refractivity contribution < 1.29 is 41.7 Å². The van der Waals surface area contributed by atoms with Crippen LogP contribution in [-0.4, -0.2) is 41.9 Å². The van der Waals surface area contributed by atoms with Gasteiger partial charge in [-0.1, -0.05) is 331 Å². The van der Waals surface area contributed by atoms with E-state index in [0.29, 0.717) is 22.2 Å². The number of benzene rings is 2. The molecule has 472 valence electrons. The number of allylic oxidation sites excluding steroid dienone is 10. The van der Waals surface area contributed by atoms with Gasteiger partial charge in [-0.25, -0.2) is 0 Å². The monoisotopic (exact) mass is 1700 g/mol. The molecule has 0 N–H and O–H groups in total. The molecule has 0 amide bonds. The van der Waals surface area contributed by atoms with E-state index < -0.39 is 74.0 Å². The minimum atomic E-state index is -1.39. The van der Waals surface area contributed by atoms with Gasteiger partial charge in [0.2, 0.25) is 0 Å². The SMILES string of the molecule is CC.CC.C[Si](C)(C1C=CC=C1)C1C=Cc2c(Br)cccc21.C[Si](C)(C1C=CC=C1)C1C=Cc2c(Br)cccc21.C[Si](C)(C1CCCC1)C1CCC2C(Br)CCCC21.C[Si](C)(C1CCCC1)C1CCC2C(Br)CCCC21.[CH3-].[CH3-].[Cl][Zr][Cl].[Cl][Zr][Cl]. The first-order valence-electron chi connectivity index (χ1n) is 32.1. The van der Waals surface area contributed by atoms with Crippen LogP contribution in [0.25, 0.3) is 12.2 Å². The third-order valence-electron chi connectivity index (χ3n) is 22.0. The topological polar surface area (TPSA) is 0 Å². The number of halogens is 8. The molecule has 10 unspecified atom stereocenters. The quantitative estimate of drug-likeness (QED) is 0.140. The van der Waals surface area contributed by atoms with E-state index in [1.807, 2.05) is 27.7 Å². The Labute approximate surface area is 592 Å². The van der Waals surface area contributed by atoms with Crippen molar-refractivity contribution in [1.82, 2.24) is 0 Å². The average molecular weight is 1710 g/mol. The van der Waals surface area contributed by atoms with Crippen LogP contribution < -0.4 is 0 Å². The number of rotatable bonds is 8. The van der Waals surface area contributed by atoms with Crippen LogP contribution in [0.15, 0.2) is 106 Å². The second-order valence-corrected chi connectivity index (χ2v) is 58.8. The Hall–Kier alpha value is 2.59. The summed E-state index contributed by atoms with van der Waals surface area (Å²) in [5.41, 5.74) is 13.0. The van der Waals surface area contributed by atoms with Crippen LogP contribution in [0.2, 0.25) is 85.6 Å². The van der Waals surface area contributed by atoms with Crippen molar-refractivity contribution in [2.45, 2.75) is 250 Å². The fraction of sp³-hybridized carbons (Fsp3) is 0.629. The van der Waals surface area contributed by atoms with E-state index in [-0.39, 0.29) is 14.9 Å². The van der Waals surface area contributed by atoms with E-state index in [2.05, 4.69) is 225 Å². The van der Waals surface area contributed by atoms with Crippen molar-refractivity contribution in [1.29, 1.82) is 0 Å². The van der Waals surface area contributed by atoms with Gasteiger partial charge < -0.3 is 14.9 Å². The van der Waals surface area contributed by atoms with Crippen molar-refractivity contribution in [3.63, 3.8) is 0 Å². The number of hydrogen-bond acceptors (Lipinski definition) is 0. The van der Waals surface area contributed by atoms with E-state index in [9.17, 15) is 0 Å². The maximum absolute atomic E-state index is 4.93. The van der Waals surface area contributed by atoms with Gasteiger partial charge in [0.1, 0.15) is 0 Å². The minimum absolute atomic E-state index is 0. The van der Waals surface area contributed by atoms with Crippen molar-refractivity contribution in [2.75, 3.05) is 0 Å². The molecule has 10 aliphatic carbocycles. The van der Waals surface area contributed by atoms with Gasteiger partial charge >= 0.3 is 75.7 Å². The van der Waals surface area contributed by atoms with Crippen LogP contribution in [0.1, 0.15) is 177 Å². The van der Waals surface area contributed by atoms with Crippen LogP contribution in [0, 0.1) is 38.5 Å². The summed E-state index contributed by atoms with van der Waals surface area (Å²) >= 11 is 13.6. The molecular formula is C70H110Br4Cl4Si4Zr2-2. The van der Waals surface area contributed by atoms with Crippen LogP contribution in [-0.2, 0) is 41.7 Å². The van der Waals surface area contributed by atoms with Crippen molar-refractivity contribution in [2.24, 2.45) is 23.7 Å². The molecule has 0 radical (unpaired) electrons. The summed E-state index contributed by atoms with van der Waals surface area (Å²) < 4.78 is 2.45. The van der Waals surface area contributed by atoms with Crippen molar-refractivity contribution in [3.8, 4) is 0 Å². The third kappa shape index (κ3) is 20.3. The van der Waals surface area contributed by atoms with Gasteiger partial charge in [-0.2, -0.15) is 0 Å². The first-order valence-corrected chi connectivity index (χ1v) is 60.8. The fourth-order valence-corrected chi connectivity index (χ4v) is 36.8. The van der Waals surface area contributed by atoms with Crippen LogP contribution in [0.4, 0.5) is 0 Å². The molecule has 84 heavy (non-hydrogen) atoms. The van der Waals surface area contributed by atoms with Crippen molar-refractivity contribution >= 4 is 142 Å². The molecule has 6 saturated carbocycles. The van der Waals surface area contributed by atoms with Crippen LogP contribution >= 0.6 is 97.8 Å². The Kier molecular flexibility index (Phi) is 38.0. The summed E-state index contributed by atoms with van der Waals surface area (Å²) in [5, 5.41) is 0. The fourth-order valence-electron chi connectivity index (χ4n) is 17.4. The maximum atomic E-state index is 4.93. The Balaban J connectivity index is 0.000000276. The van der Waals surface area contributed by atoms with E-state index in [4.69, 9.17) is 34.1 Å². The Bertz CT molecular complexity index is 2240. The Morgan fingerprint density at radius 1 is 0.393 bits per heavy atom. The summed E-state index contributed by atoms with van der Waals surface area (Å²) in [6.07, 6.45) is 55.3. The predicted octanol–water partition coefficient (Wildman–Crippen LogP) is 28.3. The van der Waals surface area contributed by atoms with Gasteiger partial charge in [0.05, 0.1) is 32.3 Å². The summed E-state index contributed by atoms with van der Waals surface area (Å²) in [5.74, 6) is 4.28. The first-order chi connectivity index (χ1) is 39.2. The molecule has 10 atom stereocenters.